The van der Waals surface area contributed by atoms with Gasteiger partial charge in [0.25, 0.3) is 0 Å². The first-order valence-electron chi connectivity index (χ1n) is 4.59. The lowest BCUT2D eigenvalue weighted by Gasteiger charge is -2.35. The second kappa shape index (κ2) is 4.07. The van der Waals surface area contributed by atoms with Gasteiger partial charge in [0.05, 0.1) is 0 Å². The van der Waals surface area contributed by atoms with Crippen molar-refractivity contribution in [1.82, 2.24) is 10.2 Å². The monoisotopic (exact) mass is 156 g/mol. The molecule has 0 aromatic heterocycles. The van der Waals surface area contributed by atoms with E-state index in [-0.39, 0.29) is 0 Å². The van der Waals surface area contributed by atoms with Gasteiger partial charge in [0, 0.05) is 12.1 Å². The molecule has 1 N–H and O–H groups in total. The quantitative estimate of drug-likeness (QED) is 0.643. The zero-order valence-electron chi connectivity index (χ0n) is 7.93. The van der Waals surface area contributed by atoms with Crippen molar-refractivity contribution in [1.29, 1.82) is 0 Å². The summed E-state index contributed by atoms with van der Waals surface area (Å²) in [6.45, 7) is 0. The largest absolute Gasteiger partial charge is 0.315 e. The summed E-state index contributed by atoms with van der Waals surface area (Å²) in [5, 5.41) is 3.39. The molecule has 0 aromatic carbocycles. The molecular weight excluding hydrogens is 136 g/mol. The molecule has 2 atom stereocenters. The fourth-order valence-electron chi connectivity index (χ4n) is 2.07. The van der Waals surface area contributed by atoms with Crippen LogP contribution in [0.15, 0.2) is 0 Å². The Bertz CT molecular complexity index is 112. The Labute approximate surface area is 70.0 Å². The SMILES string of the molecule is CN[C@@H]1CCCC[C@@H]1N(C)C. The van der Waals surface area contributed by atoms with E-state index in [0.29, 0.717) is 0 Å². The second-order valence-corrected chi connectivity index (χ2v) is 3.71. The number of hydrogen-bond acceptors (Lipinski definition) is 2. The van der Waals surface area contributed by atoms with Crippen molar-refractivity contribution in [2.75, 3.05) is 21.1 Å². The van der Waals surface area contributed by atoms with Crippen molar-refractivity contribution in [3.63, 3.8) is 0 Å². The lowest BCUT2D eigenvalue weighted by molar-refractivity contribution is 0.183. The van der Waals surface area contributed by atoms with Crippen LogP contribution in [-0.4, -0.2) is 38.1 Å². The highest BCUT2D eigenvalue weighted by atomic mass is 15.1. The second-order valence-electron chi connectivity index (χ2n) is 3.71. The first kappa shape index (κ1) is 9.01. The Kier molecular flexibility index (Phi) is 3.34. The van der Waals surface area contributed by atoms with Crippen LogP contribution in [0.5, 0.6) is 0 Å². The van der Waals surface area contributed by atoms with Crippen LogP contribution in [-0.2, 0) is 0 Å². The molecule has 0 radical (unpaired) electrons. The fraction of sp³-hybridized carbons (Fsp3) is 1.00. The van der Waals surface area contributed by atoms with Crippen molar-refractivity contribution < 1.29 is 0 Å². The molecule has 0 heterocycles. The van der Waals surface area contributed by atoms with E-state index < -0.39 is 0 Å². The first-order valence-corrected chi connectivity index (χ1v) is 4.59. The van der Waals surface area contributed by atoms with Gasteiger partial charge in [-0.3, -0.25) is 0 Å². The summed E-state index contributed by atoms with van der Waals surface area (Å²) in [4.78, 5) is 2.35. The molecule has 0 amide bonds. The molecule has 0 aliphatic heterocycles. The normalized spacial score (nSPS) is 32.7. The van der Waals surface area contributed by atoms with Crippen LogP contribution in [0.3, 0.4) is 0 Å². The highest BCUT2D eigenvalue weighted by molar-refractivity contribution is 4.84. The first-order chi connectivity index (χ1) is 5.25. The topological polar surface area (TPSA) is 15.3 Å². The van der Waals surface area contributed by atoms with Crippen LogP contribution in [0, 0.1) is 0 Å². The van der Waals surface area contributed by atoms with Crippen molar-refractivity contribution in [3.8, 4) is 0 Å². The van der Waals surface area contributed by atoms with Gasteiger partial charge >= 0.3 is 0 Å². The number of rotatable bonds is 2. The summed E-state index contributed by atoms with van der Waals surface area (Å²) < 4.78 is 0. The third-order valence-electron chi connectivity index (χ3n) is 2.76. The molecule has 0 aromatic rings. The van der Waals surface area contributed by atoms with Crippen molar-refractivity contribution >= 4 is 0 Å². The van der Waals surface area contributed by atoms with Gasteiger partial charge in [0.2, 0.25) is 0 Å². The van der Waals surface area contributed by atoms with Crippen LogP contribution >= 0.6 is 0 Å². The Hall–Kier alpha value is -0.0800. The number of likely N-dealkylation sites (N-methyl/N-ethyl adjacent to an activating group) is 2. The molecule has 1 aliphatic rings. The average Bonchev–Trinajstić information content (AvgIpc) is 2.04. The standard InChI is InChI=1S/C9H20N2/c1-10-8-6-4-5-7-9(8)11(2)3/h8-10H,4-7H2,1-3H3/t8-,9+/m1/s1. The van der Waals surface area contributed by atoms with Crippen LogP contribution in [0.4, 0.5) is 0 Å². The summed E-state index contributed by atoms with van der Waals surface area (Å²) in [6, 6.07) is 1.48. The average molecular weight is 156 g/mol. The van der Waals surface area contributed by atoms with Crippen LogP contribution < -0.4 is 5.32 Å². The van der Waals surface area contributed by atoms with Gasteiger partial charge in [-0.2, -0.15) is 0 Å². The summed E-state index contributed by atoms with van der Waals surface area (Å²) in [6.07, 6.45) is 5.51. The maximum absolute atomic E-state index is 3.39. The molecule has 0 bridgehead atoms. The fourth-order valence-corrected chi connectivity index (χ4v) is 2.07. The molecule has 2 nitrogen and oxygen atoms in total. The molecule has 1 rings (SSSR count). The third-order valence-corrected chi connectivity index (χ3v) is 2.76. The molecule has 0 spiro atoms. The van der Waals surface area contributed by atoms with Gasteiger partial charge in [0.15, 0.2) is 0 Å². The van der Waals surface area contributed by atoms with Gasteiger partial charge in [-0.15, -0.1) is 0 Å². The molecule has 0 saturated heterocycles. The van der Waals surface area contributed by atoms with E-state index in [1.165, 1.54) is 25.7 Å². The minimum absolute atomic E-state index is 0.721. The lowest BCUT2D eigenvalue weighted by atomic mass is 9.90. The summed E-state index contributed by atoms with van der Waals surface area (Å²) >= 11 is 0. The summed E-state index contributed by atoms with van der Waals surface area (Å²) in [5.41, 5.74) is 0. The minimum Gasteiger partial charge on any atom is -0.315 e. The summed E-state index contributed by atoms with van der Waals surface area (Å²) in [7, 11) is 6.44. The van der Waals surface area contributed by atoms with Gasteiger partial charge in [-0.25, -0.2) is 0 Å². The van der Waals surface area contributed by atoms with Gasteiger partial charge < -0.3 is 10.2 Å². The maximum atomic E-state index is 3.39. The molecule has 2 heteroatoms. The Morgan fingerprint density at radius 3 is 2.27 bits per heavy atom. The van der Waals surface area contributed by atoms with Gasteiger partial charge in [0.1, 0.15) is 0 Å². The van der Waals surface area contributed by atoms with Crippen molar-refractivity contribution in [2.24, 2.45) is 0 Å². The predicted molar refractivity (Wildman–Crippen MR) is 48.8 cm³/mol. The van der Waals surface area contributed by atoms with Crippen molar-refractivity contribution in [3.05, 3.63) is 0 Å². The zero-order chi connectivity index (χ0) is 8.27. The zero-order valence-corrected chi connectivity index (χ0v) is 7.93. The molecule has 0 unspecified atom stereocenters. The third kappa shape index (κ3) is 2.17. The van der Waals surface area contributed by atoms with E-state index in [2.05, 4.69) is 31.4 Å². The van der Waals surface area contributed by atoms with E-state index in [9.17, 15) is 0 Å². The van der Waals surface area contributed by atoms with Gasteiger partial charge in [-0.05, 0) is 34.0 Å². The Morgan fingerprint density at radius 2 is 1.82 bits per heavy atom. The van der Waals surface area contributed by atoms with E-state index in [4.69, 9.17) is 0 Å². The Morgan fingerprint density at radius 1 is 1.18 bits per heavy atom. The minimum atomic E-state index is 0.721. The molecule has 1 saturated carbocycles. The number of hydrogen-bond donors (Lipinski definition) is 1. The van der Waals surface area contributed by atoms with E-state index in [1.54, 1.807) is 0 Å². The molecule has 11 heavy (non-hydrogen) atoms. The predicted octanol–water partition coefficient (Wildman–Crippen LogP) is 1.08. The van der Waals surface area contributed by atoms with E-state index in [1.807, 2.05) is 0 Å². The number of nitrogens with one attached hydrogen (secondary N) is 1. The smallest absolute Gasteiger partial charge is 0.0243 e. The van der Waals surface area contributed by atoms with E-state index >= 15 is 0 Å². The highest BCUT2D eigenvalue weighted by Crippen LogP contribution is 2.20. The van der Waals surface area contributed by atoms with E-state index in [0.717, 1.165) is 12.1 Å². The van der Waals surface area contributed by atoms with Crippen molar-refractivity contribution in [2.45, 2.75) is 37.8 Å². The molecule has 1 fully saturated rings. The number of nitrogens with zero attached hydrogens (tertiary/aromatic N) is 1. The van der Waals surface area contributed by atoms with Crippen LogP contribution in [0.2, 0.25) is 0 Å². The lowest BCUT2D eigenvalue weighted by Crippen LogP contribution is -2.47. The molecule has 1 aliphatic carbocycles. The summed E-state index contributed by atoms with van der Waals surface area (Å²) in [5.74, 6) is 0. The van der Waals surface area contributed by atoms with Crippen LogP contribution in [0.25, 0.3) is 0 Å². The molecular formula is C9H20N2. The van der Waals surface area contributed by atoms with Gasteiger partial charge in [-0.1, -0.05) is 12.8 Å². The maximum Gasteiger partial charge on any atom is 0.0243 e. The molecule has 66 valence electrons. The Balaban J connectivity index is 2.44. The van der Waals surface area contributed by atoms with Crippen LogP contribution in [0.1, 0.15) is 25.7 Å². The highest BCUT2D eigenvalue weighted by Gasteiger charge is 2.24.